The fraction of sp³-hybridized carbons (Fsp3) is 0.538. The largest absolute Gasteiger partial charge is 0.491 e. The Kier molecular flexibility index (Phi) is 5.43. The van der Waals surface area contributed by atoms with E-state index < -0.39 is 0 Å². The molecule has 0 aromatic heterocycles. The summed E-state index contributed by atoms with van der Waals surface area (Å²) in [5.74, 6) is 1.51. The lowest BCUT2D eigenvalue weighted by molar-refractivity contribution is 0.0496. The van der Waals surface area contributed by atoms with Gasteiger partial charge in [-0.05, 0) is 30.9 Å². The molecule has 0 aliphatic carbocycles. The minimum atomic E-state index is 0.337. The molecule has 2 rings (SSSR count). The molecule has 1 aliphatic heterocycles. The maximum absolute atomic E-state index is 6.14. The zero-order valence-corrected chi connectivity index (χ0v) is 12.2. The Morgan fingerprint density at radius 3 is 2.61 bits per heavy atom. The number of benzene rings is 1. The second kappa shape index (κ2) is 6.85. The van der Waals surface area contributed by atoms with Crippen molar-refractivity contribution in [3.05, 3.63) is 27.7 Å². The summed E-state index contributed by atoms with van der Waals surface area (Å²) >= 11 is 18.0. The van der Waals surface area contributed by atoms with E-state index in [1.54, 1.807) is 12.1 Å². The van der Waals surface area contributed by atoms with E-state index in [-0.39, 0.29) is 0 Å². The average molecular weight is 310 g/mol. The molecule has 1 saturated heterocycles. The molecule has 100 valence electrons. The summed E-state index contributed by atoms with van der Waals surface area (Å²) in [6.45, 7) is 2.27. The number of hydrogen-bond acceptors (Lipinski definition) is 2. The van der Waals surface area contributed by atoms with Crippen LogP contribution in [0.3, 0.4) is 0 Å². The van der Waals surface area contributed by atoms with Gasteiger partial charge in [0.15, 0.2) is 0 Å². The third kappa shape index (κ3) is 3.67. The summed E-state index contributed by atoms with van der Waals surface area (Å²) in [7, 11) is 0. The van der Waals surface area contributed by atoms with E-state index in [1.807, 2.05) is 0 Å². The third-order valence-electron chi connectivity index (χ3n) is 3.03. The Morgan fingerprint density at radius 2 is 1.94 bits per heavy atom. The van der Waals surface area contributed by atoms with Gasteiger partial charge < -0.3 is 9.47 Å². The molecule has 1 aromatic carbocycles. The first-order valence-electron chi connectivity index (χ1n) is 5.95. The highest BCUT2D eigenvalue weighted by atomic mass is 35.5. The van der Waals surface area contributed by atoms with Crippen molar-refractivity contribution in [3.8, 4) is 5.75 Å². The van der Waals surface area contributed by atoms with Crippen LogP contribution >= 0.6 is 34.8 Å². The van der Waals surface area contributed by atoms with Crippen LogP contribution in [0.25, 0.3) is 0 Å². The molecule has 0 saturated carbocycles. The Hall–Kier alpha value is -0.150. The standard InChI is InChI=1S/C13H15Cl3O2/c14-7-10-5-11(15)6-12(16)13(10)18-8-9-1-3-17-4-2-9/h5-6,9H,1-4,7-8H2. The molecule has 0 unspecified atom stereocenters. The summed E-state index contributed by atoms with van der Waals surface area (Å²) in [6.07, 6.45) is 2.06. The predicted molar refractivity (Wildman–Crippen MR) is 75.1 cm³/mol. The summed E-state index contributed by atoms with van der Waals surface area (Å²) in [4.78, 5) is 0. The van der Waals surface area contributed by atoms with Crippen molar-refractivity contribution in [3.63, 3.8) is 0 Å². The molecule has 5 heteroatoms. The summed E-state index contributed by atoms with van der Waals surface area (Å²) in [5, 5.41) is 1.10. The molecule has 1 heterocycles. The van der Waals surface area contributed by atoms with E-state index in [0.29, 0.717) is 34.2 Å². The Labute approximate surface area is 122 Å². The predicted octanol–water partition coefficient (Wildman–Crippen LogP) is 4.54. The van der Waals surface area contributed by atoms with Gasteiger partial charge in [-0.2, -0.15) is 0 Å². The Morgan fingerprint density at radius 1 is 1.22 bits per heavy atom. The van der Waals surface area contributed by atoms with E-state index >= 15 is 0 Å². The first-order valence-corrected chi connectivity index (χ1v) is 7.24. The second-order valence-electron chi connectivity index (χ2n) is 4.38. The van der Waals surface area contributed by atoms with Gasteiger partial charge in [-0.3, -0.25) is 0 Å². The molecular weight excluding hydrogens is 294 g/mol. The smallest absolute Gasteiger partial charge is 0.142 e. The number of rotatable bonds is 4. The third-order valence-corrected chi connectivity index (χ3v) is 3.82. The molecule has 2 nitrogen and oxygen atoms in total. The monoisotopic (exact) mass is 308 g/mol. The van der Waals surface area contributed by atoms with E-state index in [9.17, 15) is 0 Å². The van der Waals surface area contributed by atoms with Crippen LogP contribution in [-0.2, 0) is 10.6 Å². The van der Waals surface area contributed by atoms with Crippen LogP contribution in [0.2, 0.25) is 10.0 Å². The number of hydrogen-bond donors (Lipinski definition) is 0. The highest BCUT2D eigenvalue weighted by Crippen LogP contribution is 2.34. The molecular formula is C13H15Cl3O2. The lowest BCUT2D eigenvalue weighted by Crippen LogP contribution is -2.21. The molecule has 1 fully saturated rings. The van der Waals surface area contributed by atoms with Gasteiger partial charge >= 0.3 is 0 Å². The lowest BCUT2D eigenvalue weighted by atomic mass is 10.0. The first-order chi connectivity index (χ1) is 8.70. The van der Waals surface area contributed by atoms with Gasteiger partial charge in [0.05, 0.1) is 17.5 Å². The van der Waals surface area contributed by atoms with Crippen LogP contribution in [-0.4, -0.2) is 19.8 Å². The molecule has 0 spiro atoms. The van der Waals surface area contributed by atoms with Crippen LogP contribution in [0.5, 0.6) is 5.75 Å². The van der Waals surface area contributed by atoms with Crippen molar-refractivity contribution in [2.24, 2.45) is 5.92 Å². The van der Waals surface area contributed by atoms with E-state index in [4.69, 9.17) is 44.3 Å². The molecule has 0 N–H and O–H groups in total. The quantitative estimate of drug-likeness (QED) is 0.760. The first kappa shape index (κ1) is 14.3. The minimum Gasteiger partial charge on any atom is -0.491 e. The van der Waals surface area contributed by atoms with E-state index in [0.717, 1.165) is 31.6 Å². The van der Waals surface area contributed by atoms with Crippen LogP contribution < -0.4 is 4.74 Å². The Bertz CT molecular complexity index is 403. The normalized spacial score (nSPS) is 16.8. The summed E-state index contributed by atoms with van der Waals surface area (Å²) < 4.78 is 11.1. The minimum absolute atomic E-state index is 0.337. The van der Waals surface area contributed by atoms with E-state index in [1.165, 1.54) is 0 Å². The maximum Gasteiger partial charge on any atom is 0.142 e. The number of ether oxygens (including phenoxy) is 2. The molecule has 0 radical (unpaired) electrons. The molecule has 0 amide bonds. The van der Waals surface area contributed by atoms with Gasteiger partial charge in [0.25, 0.3) is 0 Å². The van der Waals surface area contributed by atoms with Gasteiger partial charge in [-0.1, -0.05) is 23.2 Å². The highest BCUT2D eigenvalue weighted by molar-refractivity contribution is 6.35. The highest BCUT2D eigenvalue weighted by Gasteiger charge is 2.16. The number of halogens is 3. The summed E-state index contributed by atoms with van der Waals surface area (Å²) in [6, 6.07) is 3.47. The van der Waals surface area contributed by atoms with Gasteiger partial charge in [0.1, 0.15) is 5.75 Å². The van der Waals surface area contributed by atoms with Crippen LogP contribution in [0, 0.1) is 5.92 Å². The summed E-state index contributed by atoms with van der Waals surface area (Å²) in [5.41, 5.74) is 0.834. The van der Waals surface area contributed by atoms with Gasteiger partial charge in [-0.25, -0.2) is 0 Å². The van der Waals surface area contributed by atoms with Gasteiger partial charge in [-0.15, -0.1) is 11.6 Å². The van der Waals surface area contributed by atoms with Crippen molar-refractivity contribution in [2.45, 2.75) is 18.7 Å². The van der Waals surface area contributed by atoms with Gasteiger partial charge in [0.2, 0.25) is 0 Å². The molecule has 0 atom stereocenters. The zero-order valence-electron chi connectivity index (χ0n) is 9.93. The molecule has 1 aliphatic rings. The maximum atomic E-state index is 6.14. The van der Waals surface area contributed by atoms with E-state index in [2.05, 4.69) is 0 Å². The Balaban J connectivity index is 2.03. The van der Waals surface area contributed by atoms with Crippen LogP contribution in [0.15, 0.2) is 12.1 Å². The lowest BCUT2D eigenvalue weighted by Gasteiger charge is -2.23. The average Bonchev–Trinajstić information content (AvgIpc) is 2.38. The fourth-order valence-corrected chi connectivity index (χ4v) is 2.78. The second-order valence-corrected chi connectivity index (χ2v) is 5.49. The SMILES string of the molecule is ClCc1cc(Cl)cc(Cl)c1OCC1CCOCC1. The van der Waals surface area contributed by atoms with Crippen molar-refractivity contribution < 1.29 is 9.47 Å². The zero-order chi connectivity index (χ0) is 13.0. The fourth-order valence-electron chi connectivity index (χ4n) is 1.99. The molecule has 18 heavy (non-hydrogen) atoms. The molecule has 1 aromatic rings. The topological polar surface area (TPSA) is 18.5 Å². The van der Waals surface area contributed by atoms with Crippen molar-refractivity contribution in [2.75, 3.05) is 19.8 Å². The van der Waals surface area contributed by atoms with Crippen molar-refractivity contribution in [1.29, 1.82) is 0 Å². The van der Waals surface area contributed by atoms with Crippen LogP contribution in [0.4, 0.5) is 0 Å². The molecule has 0 bridgehead atoms. The van der Waals surface area contributed by atoms with Gasteiger partial charge in [0, 0.05) is 23.8 Å². The van der Waals surface area contributed by atoms with Crippen LogP contribution in [0.1, 0.15) is 18.4 Å². The van der Waals surface area contributed by atoms with Crippen molar-refractivity contribution in [1.82, 2.24) is 0 Å². The van der Waals surface area contributed by atoms with Crippen molar-refractivity contribution >= 4 is 34.8 Å². The number of alkyl halides is 1.